The molecule has 0 bridgehead atoms. The molecule has 0 spiro atoms. The van der Waals surface area contributed by atoms with E-state index in [1.807, 2.05) is 19.1 Å². The number of carbonyl (C=O) groups is 1. The predicted octanol–water partition coefficient (Wildman–Crippen LogP) is 3.33. The summed E-state index contributed by atoms with van der Waals surface area (Å²) in [6.45, 7) is 1.95. The Hall–Kier alpha value is -2.82. The van der Waals surface area contributed by atoms with Crippen LogP contribution in [0.2, 0.25) is 0 Å². The molecule has 21 heavy (non-hydrogen) atoms. The molecule has 4 nitrogen and oxygen atoms in total. The number of pyridine rings is 2. The van der Waals surface area contributed by atoms with Gasteiger partial charge in [0.05, 0.1) is 23.0 Å². The summed E-state index contributed by atoms with van der Waals surface area (Å²) in [5.74, 6) is -1.16. The van der Waals surface area contributed by atoms with Crippen molar-refractivity contribution in [2.24, 2.45) is 0 Å². The summed E-state index contributed by atoms with van der Waals surface area (Å²) < 4.78 is 13.6. The van der Waals surface area contributed by atoms with Gasteiger partial charge in [0.15, 0.2) is 5.82 Å². The second-order valence-electron chi connectivity index (χ2n) is 4.64. The van der Waals surface area contributed by atoms with Gasteiger partial charge in [-0.1, -0.05) is 6.07 Å². The number of carbonyl (C=O) groups excluding carboxylic acids is 1. The van der Waals surface area contributed by atoms with Crippen molar-refractivity contribution < 1.29 is 9.18 Å². The molecule has 5 heteroatoms. The first-order chi connectivity index (χ1) is 10.2. The number of amides is 1. The molecule has 1 aromatic carbocycles. The SMILES string of the molecule is Cc1ccc(NC(=O)c2ccncc2F)c2cccnc12. The van der Waals surface area contributed by atoms with Crippen LogP contribution in [0.25, 0.3) is 10.9 Å². The van der Waals surface area contributed by atoms with Crippen molar-refractivity contribution in [3.63, 3.8) is 0 Å². The monoisotopic (exact) mass is 281 g/mol. The van der Waals surface area contributed by atoms with Crippen LogP contribution in [0.4, 0.5) is 10.1 Å². The maximum Gasteiger partial charge on any atom is 0.258 e. The van der Waals surface area contributed by atoms with Crippen LogP contribution in [-0.4, -0.2) is 15.9 Å². The fourth-order valence-electron chi connectivity index (χ4n) is 2.17. The molecule has 0 saturated heterocycles. The highest BCUT2D eigenvalue weighted by Crippen LogP contribution is 2.25. The van der Waals surface area contributed by atoms with Crippen molar-refractivity contribution in [3.8, 4) is 0 Å². The molecule has 0 radical (unpaired) electrons. The Balaban J connectivity index is 2.01. The Morgan fingerprint density at radius 2 is 2.05 bits per heavy atom. The highest BCUT2D eigenvalue weighted by molar-refractivity contribution is 6.09. The Labute approximate surface area is 120 Å². The summed E-state index contributed by atoms with van der Waals surface area (Å²) in [6.07, 6.45) is 4.10. The van der Waals surface area contributed by atoms with Crippen LogP contribution in [-0.2, 0) is 0 Å². The Kier molecular flexibility index (Phi) is 3.31. The van der Waals surface area contributed by atoms with Crippen LogP contribution in [0.1, 0.15) is 15.9 Å². The fraction of sp³-hybridized carbons (Fsp3) is 0.0625. The highest BCUT2D eigenvalue weighted by Gasteiger charge is 2.13. The number of nitrogens with one attached hydrogen (secondary N) is 1. The lowest BCUT2D eigenvalue weighted by Crippen LogP contribution is -2.14. The normalized spacial score (nSPS) is 10.6. The average Bonchev–Trinajstić information content (AvgIpc) is 2.51. The summed E-state index contributed by atoms with van der Waals surface area (Å²) >= 11 is 0. The molecule has 0 saturated carbocycles. The Bertz CT molecular complexity index is 833. The molecular formula is C16H12FN3O. The number of aryl methyl sites for hydroxylation is 1. The molecule has 0 aliphatic heterocycles. The molecule has 3 rings (SSSR count). The third-order valence-corrected chi connectivity index (χ3v) is 3.24. The average molecular weight is 281 g/mol. The number of hydrogen-bond acceptors (Lipinski definition) is 3. The third kappa shape index (κ3) is 2.45. The lowest BCUT2D eigenvalue weighted by molar-refractivity contribution is 0.102. The summed E-state index contributed by atoms with van der Waals surface area (Å²) in [7, 11) is 0. The van der Waals surface area contributed by atoms with Crippen LogP contribution in [0.15, 0.2) is 48.9 Å². The van der Waals surface area contributed by atoms with Gasteiger partial charge in [-0.2, -0.15) is 0 Å². The molecule has 0 aliphatic rings. The minimum Gasteiger partial charge on any atom is -0.321 e. The third-order valence-electron chi connectivity index (χ3n) is 3.24. The van der Waals surface area contributed by atoms with E-state index in [4.69, 9.17) is 0 Å². The van der Waals surface area contributed by atoms with Crippen molar-refractivity contribution in [3.05, 3.63) is 65.9 Å². The van der Waals surface area contributed by atoms with Gasteiger partial charge in [-0.15, -0.1) is 0 Å². The molecule has 104 valence electrons. The minimum atomic E-state index is -0.649. The Morgan fingerprint density at radius 1 is 1.19 bits per heavy atom. The molecule has 0 unspecified atom stereocenters. The molecule has 1 N–H and O–H groups in total. The number of rotatable bonds is 2. The maximum absolute atomic E-state index is 13.6. The van der Waals surface area contributed by atoms with E-state index in [2.05, 4.69) is 15.3 Å². The largest absolute Gasteiger partial charge is 0.321 e. The van der Waals surface area contributed by atoms with E-state index in [1.54, 1.807) is 18.3 Å². The number of hydrogen-bond donors (Lipinski definition) is 1. The predicted molar refractivity (Wildman–Crippen MR) is 78.6 cm³/mol. The number of benzene rings is 1. The zero-order valence-electron chi connectivity index (χ0n) is 11.3. The van der Waals surface area contributed by atoms with Crippen molar-refractivity contribution in [1.29, 1.82) is 0 Å². The standard InChI is InChI=1S/C16H12FN3O/c1-10-4-5-14(12-3-2-7-19-15(10)12)20-16(21)11-6-8-18-9-13(11)17/h2-9H,1H3,(H,20,21). The number of anilines is 1. The van der Waals surface area contributed by atoms with E-state index in [0.717, 1.165) is 22.7 Å². The highest BCUT2D eigenvalue weighted by atomic mass is 19.1. The van der Waals surface area contributed by atoms with Crippen molar-refractivity contribution in [1.82, 2.24) is 9.97 Å². The summed E-state index contributed by atoms with van der Waals surface area (Å²) in [5, 5.41) is 3.54. The first kappa shape index (κ1) is 13.2. The fourth-order valence-corrected chi connectivity index (χ4v) is 2.17. The molecule has 0 fully saturated rings. The van der Waals surface area contributed by atoms with Gasteiger partial charge >= 0.3 is 0 Å². The van der Waals surface area contributed by atoms with Gasteiger partial charge < -0.3 is 5.32 Å². The van der Waals surface area contributed by atoms with E-state index >= 15 is 0 Å². The van der Waals surface area contributed by atoms with Gasteiger partial charge in [-0.25, -0.2) is 4.39 Å². The van der Waals surface area contributed by atoms with Gasteiger partial charge in [0.25, 0.3) is 5.91 Å². The minimum absolute atomic E-state index is 0.0392. The zero-order chi connectivity index (χ0) is 14.8. The number of fused-ring (bicyclic) bond motifs is 1. The van der Waals surface area contributed by atoms with E-state index in [-0.39, 0.29) is 5.56 Å². The molecule has 3 aromatic rings. The van der Waals surface area contributed by atoms with Crippen LogP contribution in [0, 0.1) is 12.7 Å². The van der Waals surface area contributed by atoms with Crippen LogP contribution in [0.3, 0.4) is 0 Å². The van der Waals surface area contributed by atoms with Gasteiger partial charge in [-0.05, 0) is 36.8 Å². The van der Waals surface area contributed by atoms with Crippen LogP contribution in [0.5, 0.6) is 0 Å². The van der Waals surface area contributed by atoms with Crippen molar-refractivity contribution in [2.45, 2.75) is 6.92 Å². The quantitative estimate of drug-likeness (QED) is 0.784. The molecule has 1 amide bonds. The first-order valence-electron chi connectivity index (χ1n) is 6.42. The summed E-state index contributed by atoms with van der Waals surface area (Å²) in [5.41, 5.74) is 2.39. The molecule has 0 atom stereocenters. The number of nitrogens with zero attached hydrogens (tertiary/aromatic N) is 2. The van der Waals surface area contributed by atoms with E-state index in [1.165, 1.54) is 12.3 Å². The van der Waals surface area contributed by atoms with Crippen molar-refractivity contribution in [2.75, 3.05) is 5.32 Å². The maximum atomic E-state index is 13.6. The topological polar surface area (TPSA) is 54.9 Å². The lowest BCUT2D eigenvalue weighted by Gasteiger charge is -2.10. The van der Waals surface area contributed by atoms with Crippen molar-refractivity contribution >= 4 is 22.5 Å². The lowest BCUT2D eigenvalue weighted by atomic mass is 10.1. The first-order valence-corrected chi connectivity index (χ1v) is 6.42. The number of aromatic nitrogens is 2. The van der Waals surface area contributed by atoms with Crippen LogP contribution < -0.4 is 5.32 Å². The molecule has 2 heterocycles. The summed E-state index contributed by atoms with van der Waals surface area (Å²) in [6, 6.07) is 8.67. The smallest absolute Gasteiger partial charge is 0.258 e. The second kappa shape index (κ2) is 5.28. The van der Waals surface area contributed by atoms with E-state index < -0.39 is 11.7 Å². The second-order valence-corrected chi connectivity index (χ2v) is 4.64. The summed E-state index contributed by atoms with van der Waals surface area (Å²) in [4.78, 5) is 20.1. The molecule has 0 aliphatic carbocycles. The van der Waals surface area contributed by atoms with Crippen LogP contribution >= 0.6 is 0 Å². The van der Waals surface area contributed by atoms with Gasteiger partial charge in [0.2, 0.25) is 0 Å². The van der Waals surface area contributed by atoms with E-state index in [9.17, 15) is 9.18 Å². The van der Waals surface area contributed by atoms with Gasteiger partial charge in [-0.3, -0.25) is 14.8 Å². The van der Waals surface area contributed by atoms with Gasteiger partial charge in [0, 0.05) is 17.8 Å². The number of halogens is 1. The molecule has 2 aromatic heterocycles. The van der Waals surface area contributed by atoms with Gasteiger partial charge in [0.1, 0.15) is 0 Å². The zero-order valence-corrected chi connectivity index (χ0v) is 11.3. The van der Waals surface area contributed by atoms with E-state index in [0.29, 0.717) is 5.69 Å². The molecular weight excluding hydrogens is 269 g/mol. The Morgan fingerprint density at radius 3 is 2.86 bits per heavy atom.